The summed E-state index contributed by atoms with van der Waals surface area (Å²) in [4.78, 5) is 26.8. The lowest BCUT2D eigenvalue weighted by molar-refractivity contribution is -0.121. The number of hydrogen-bond acceptors (Lipinski definition) is 6. The number of morpholine rings is 1. The predicted molar refractivity (Wildman–Crippen MR) is 93.7 cm³/mol. The Morgan fingerprint density at radius 3 is 2.81 bits per heavy atom. The number of nitrogens with two attached hydrogens (primary N) is 1. The van der Waals surface area contributed by atoms with Crippen molar-refractivity contribution in [3.05, 3.63) is 24.0 Å². The van der Waals surface area contributed by atoms with Gasteiger partial charge in [0.1, 0.15) is 11.9 Å². The molecule has 1 atom stereocenters. The molecule has 142 valence electrons. The molecule has 2 fully saturated rings. The number of carbonyl (C=O) groups excluding carboxylic acids is 2. The molecule has 0 unspecified atom stereocenters. The summed E-state index contributed by atoms with van der Waals surface area (Å²) in [6.45, 7) is 3.11. The molecule has 1 aromatic rings. The maximum Gasteiger partial charge on any atom is 0.414 e. The lowest BCUT2D eigenvalue weighted by Crippen LogP contribution is -2.37. The third kappa shape index (κ3) is 4.23. The van der Waals surface area contributed by atoms with Crippen molar-refractivity contribution in [1.82, 2.24) is 5.32 Å². The van der Waals surface area contributed by atoms with Crippen LogP contribution in [0.3, 0.4) is 0 Å². The van der Waals surface area contributed by atoms with Crippen molar-refractivity contribution in [3.63, 3.8) is 0 Å². The average molecular weight is 366 g/mol. The molecule has 0 spiro atoms. The van der Waals surface area contributed by atoms with E-state index in [1.54, 1.807) is 12.1 Å². The molecule has 0 aliphatic carbocycles. The highest BCUT2D eigenvalue weighted by atomic mass is 19.1. The van der Waals surface area contributed by atoms with Crippen LogP contribution in [0.25, 0.3) is 0 Å². The summed E-state index contributed by atoms with van der Waals surface area (Å²) in [6.07, 6.45) is -0.814. The number of carbonyl (C=O) groups is 2. The van der Waals surface area contributed by atoms with Crippen LogP contribution in [0.15, 0.2) is 18.2 Å². The second-order valence-corrected chi connectivity index (χ2v) is 6.19. The number of anilines is 2. The van der Waals surface area contributed by atoms with E-state index >= 15 is 0 Å². The summed E-state index contributed by atoms with van der Waals surface area (Å²) in [5.74, 6) is -0.584. The average Bonchev–Trinajstić information content (AvgIpc) is 3.02. The van der Waals surface area contributed by atoms with Crippen molar-refractivity contribution in [2.75, 3.05) is 55.7 Å². The smallest absolute Gasteiger partial charge is 0.414 e. The molecule has 3 rings (SSSR count). The van der Waals surface area contributed by atoms with E-state index in [1.807, 2.05) is 4.90 Å². The van der Waals surface area contributed by atoms with E-state index in [0.717, 1.165) is 0 Å². The summed E-state index contributed by atoms with van der Waals surface area (Å²) in [5.41, 5.74) is 6.24. The Kier molecular flexibility index (Phi) is 5.89. The fourth-order valence-electron chi connectivity index (χ4n) is 3.01. The molecule has 1 aromatic carbocycles. The van der Waals surface area contributed by atoms with Crippen LogP contribution in [0.4, 0.5) is 20.6 Å². The molecule has 0 bridgehead atoms. The van der Waals surface area contributed by atoms with Gasteiger partial charge < -0.3 is 25.4 Å². The van der Waals surface area contributed by atoms with Gasteiger partial charge in [-0.3, -0.25) is 9.69 Å². The van der Waals surface area contributed by atoms with Crippen LogP contribution in [0, 0.1) is 5.82 Å². The number of ether oxygens (including phenoxy) is 2. The molecular weight excluding hydrogens is 343 g/mol. The SMILES string of the molecule is NCCC(=O)NC[C@H]1CN(c2ccc(N3CCOCC3)c(F)c2)C(=O)O1. The minimum absolute atomic E-state index is 0.192. The Morgan fingerprint density at radius 2 is 2.12 bits per heavy atom. The van der Waals surface area contributed by atoms with Crippen molar-refractivity contribution < 1.29 is 23.5 Å². The Labute approximate surface area is 151 Å². The van der Waals surface area contributed by atoms with Gasteiger partial charge in [0.05, 0.1) is 37.7 Å². The zero-order valence-electron chi connectivity index (χ0n) is 14.4. The number of nitrogens with one attached hydrogen (secondary N) is 1. The van der Waals surface area contributed by atoms with E-state index in [-0.39, 0.29) is 32.0 Å². The molecule has 2 amide bonds. The number of amides is 2. The Hall–Kier alpha value is -2.39. The molecule has 0 radical (unpaired) electrons. The maximum absolute atomic E-state index is 14.5. The molecule has 0 aromatic heterocycles. The van der Waals surface area contributed by atoms with Crippen LogP contribution < -0.4 is 20.9 Å². The number of cyclic esters (lactones) is 1. The van der Waals surface area contributed by atoms with Crippen LogP contribution in [-0.4, -0.2) is 64.0 Å². The van der Waals surface area contributed by atoms with Gasteiger partial charge in [0.15, 0.2) is 0 Å². The van der Waals surface area contributed by atoms with Crippen molar-refractivity contribution >= 4 is 23.4 Å². The number of rotatable bonds is 6. The van der Waals surface area contributed by atoms with E-state index in [0.29, 0.717) is 37.7 Å². The third-order valence-corrected chi connectivity index (χ3v) is 4.37. The number of nitrogens with zero attached hydrogens (tertiary/aromatic N) is 2. The second kappa shape index (κ2) is 8.33. The standard InChI is InChI=1S/C17H23FN4O4/c18-14-9-12(1-2-15(14)21-5-7-25-8-6-21)22-11-13(26-17(22)24)10-20-16(23)3-4-19/h1-2,9,13H,3-8,10-11,19H2,(H,20,23)/t13-/m0/s1. The van der Waals surface area contributed by atoms with E-state index in [4.69, 9.17) is 15.2 Å². The molecule has 2 saturated heterocycles. The molecular formula is C17H23FN4O4. The summed E-state index contributed by atoms with van der Waals surface area (Å²) in [6, 6.07) is 4.70. The van der Waals surface area contributed by atoms with Crippen LogP contribution in [0.2, 0.25) is 0 Å². The first-order valence-corrected chi connectivity index (χ1v) is 8.65. The quantitative estimate of drug-likeness (QED) is 0.759. The predicted octanol–water partition coefficient (Wildman–Crippen LogP) is 0.452. The minimum atomic E-state index is -0.554. The highest BCUT2D eigenvalue weighted by Crippen LogP contribution is 2.28. The normalized spacial score (nSPS) is 20.2. The molecule has 2 heterocycles. The van der Waals surface area contributed by atoms with E-state index < -0.39 is 18.0 Å². The van der Waals surface area contributed by atoms with Crippen LogP contribution in [0.1, 0.15) is 6.42 Å². The van der Waals surface area contributed by atoms with E-state index in [2.05, 4.69) is 5.32 Å². The molecule has 2 aliphatic rings. The maximum atomic E-state index is 14.5. The zero-order chi connectivity index (χ0) is 18.5. The van der Waals surface area contributed by atoms with Gasteiger partial charge in [-0.1, -0.05) is 0 Å². The lowest BCUT2D eigenvalue weighted by Gasteiger charge is -2.29. The van der Waals surface area contributed by atoms with Crippen molar-refractivity contribution in [2.45, 2.75) is 12.5 Å². The minimum Gasteiger partial charge on any atom is -0.442 e. The van der Waals surface area contributed by atoms with Crippen LogP contribution in [0.5, 0.6) is 0 Å². The first kappa shape index (κ1) is 18.4. The van der Waals surface area contributed by atoms with Gasteiger partial charge in [0.25, 0.3) is 0 Å². The van der Waals surface area contributed by atoms with Crippen molar-refractivity contribution in [2.24, 2.45) is 5.73 Å². The Morgan fingerprint density at radius 1 is 1.35 bits per heavy atom. The monoisotopic (exact) mass is 366 g/mol. The Balaban J connectivity index is 1.62. The largest absolute Gasteiger partial charge is 0.442 e. The van der Waals surface area contributed by atoms with Crippen molar-refractivity contribution in [3.8, 4) is 0 Å². The van der Waals surface area contributed by atoms with Gasteiger partial charge in [0, 0.05) is 26.1 Å². The molecule has 2 aliphatic heterocycles. The molecule has 26 heavy (non-hydrogen) atoms. The molecule has 9 heteroatoms. The fourth-order valence-corrected chi connectivity index (χ4v) is 3.01. The van der Waals surface area contributed by atoms with Gasteiger partial charge in [-0.25, -0.2) is 9.18 Å². The summed E-state index contributed by atoms with van der Waals surface area (Å²) in [5, 5.41) is 2.67. The Bertz CT molecular complexity index is 666. The number of hydrogen-bond donors (Lipinski definition) is 2. The highest BCUT2D eigenvalue weighted by Gasteiger charge is 2.33. The van der Waals surface area contributed by atoms with Gasteiger partial charge in [0.2, 0.25) is 5.91 Å². The molecule has 3 N–H and O–H groups in total. The number of benzene rings is 1. The fraction of sp³-hybridized carbons (Fsp3) is 0.529. The van der Waals surface area contributed by atoms with Crippen LogP contribution in [-0.2, 0) is 14.3 Å². The van der Waals surface area contributed by atoms with Crippen LogP contribution >= 0.6 is 0 Å². The van der Waals surface area contributed by atoms with E-state index in [1.165, 1.54) is 11.0 Å². The topological polar surface area (TPSA) is 97.1 Å². The van der Waals surface area contributed by atoms with Gasteiger partial charge in [-0.2, -0.15) is 0 Å². The summed E-state index contributed by atoms with van der Waals surface area (Å²) >= 11 is 0. The molecule has 8 nitrogen and oxygen atoms in total. The third-order valence-electron chi connectivity index (χ3n) is 4.37. The first-order valence-electron chi connectivity index (χ1n) is 8.65. The number of halogens is 1. The van der Waals surface area contributed by atoms with Gasteiger partial charge in [-0.15, -0.1) is 0 Å². The van der Waals surface area contributed by atoms with Gasteiger partial charge >= 0.3 is 6.09 Å². The second-order valence-electron chi connectivity index (χ2n) is 6.19. The van der Waals surface area contributed by atoms with Crippen molar-refractivity contribution in [1.29, 1.82) is 0 Å². The summed E-state index contributed by atoms with van der Waals surface area (Å²) in [7, 11) is 0. The zero-order valence-corrected chi connectivity index (χ0v) is 14.4. The summed E-state index contributed by atoms with van der Waals surface area (Å²) < 4.78 is 25.0. The van der Waals surface area contributed by atoms with Gasteiger partial charge in [-0.05, 0) is 18.2 Å². The lowest BCUT2D eigenvalue weighted by atomic mass is 10.2. The first-order chi connectivity index (χ1) is 12.6. The van der Waals surface area contributed by atoms with E-state index in [9.17, 15) is 14.0 Å². The highest BCUT2D eigenvalue weighted by molar-refractivity contribution is 5.90. The molecule has 0 saturated carbocycles.